The Morgan fingerprint density at radius 1 is 1.42 bits per heavy atom. The molecular formula is C9H6ClN2. The van der Waals surface area contributed by atoms with Gasteiger partial charge in [-0.3, -0.25) is 0 Å². The first-order valence-corrected chi connectivity index (χ1v) is 3.91. The van der Waals surface area contributed by atoms with Gasteiger partial charge >= 0.3 is 0 Å². The molecule has 0 aliphatic carbocycles. The first-order chi connectivity index (χ1) is 5.86. The van der Waals surface area contributed by atoms with Gasteiger partial charge in [-0.1, -0.05) is 23.7 Å². The summed E-state index contributed by atoms with van der Waals surface area (Å²) in [4.78, 5) is 6.76. The van der Waals surface area contributed by atoms with Crippen molar-refractivity contribution in [2.45, 2.75) is 0 Å². The van der Waals surface area contributed by atoms with Gasteiger partial charge in [0.25, 0.3) is 0 Å². The van der Waals surface area contributed by atoms with Crippen LogP contribution in [0.1, 0.15) is 0 Å². The second-order valence-electron chi connectivity index (χ2n) is 2.41. The number of H-pyrrole nitrogens is 1. The molecule has 0 saturated carbocycles. The number of halogens is 1. The molecule has 2 aromatic rings. The number of nitrogens with zero attached hydrogens (tertiary/aromatic N) is 1. The Morgan fingerprint density at radius 3 is 3.00 bits per heavy atom. The maximum Gasteiger partial charge on any atom is 0.174 e. The van der Waals surface area contributed by atoms with Crippen LogP contribution in [-0.4, -0.2) is 9.97 Å². The van der Waals surface area contributed by atoms with Crippen LogP contribution in [-0.2, 0) is 0 Å². The van der Waals surface area contributed by atoms with Crippen molar-refractivity contribution in [3.8, 4) is 11.3 Å². The van der Waals surface area contributed by atoms with Crippen molar-refractivity contribution in [1.29, 1.82) is 0 Å². The molecule has 12 heavy (non-hydrogen) atoms. The fraction of sp³-hybridized carbons (Fsp3) is 0. The van der Waals surface area contributed by atoms with Crippen molar-refractivity contribution < 1.29 is 0 Å². The van der Waals surface area contributed by atoms with Gasteiger partial charge in [-0.05, 0) is 12.1 Å². The van der Waals surface area contributed by atoms with Crippen LogP contribution in [0, 0.1) is 6.33 Å². The molecule has 0 fully saturated rings. The largest absolute Gasteiger partial charge is 0.341 e. The molecule has 0 bridgehead atoms. The minimum absolute atomic E-state index is 0.718. The number of aromatic nitrogens is 2. The molecule has 2 rings (SSSR count). The van der Waals surface area contributed by atoms with Crippen molar-refractivity contribution >= 4 is 11.6 Å². The second kappa shape index (κ2) is 2.99. The molecule has 0 aliphatic rings. The predicted molar refractivity (Wildman–Crippen MR) is 47.9 cm³/mol. The molecule has 0 amide bonds. The van der Waals surface area contributed by atoms with E-state index in [4.69, 9.17) is 11.6 Å². The molecule has 1 aromatic carbocycles. The van der Waals surface area contributed by atoms with Gasteiger partial charge in [-0.25, -0.2) is 4.98 Å². The van der Waals surface area contributed by atoms with Crippen LogP contribution in [0.15, 0.2) is 30.5 Å². The lowest BCUT2D eigenvalue weighted by Gasteiger charge is -1.95. The molecule has 0 unspecified atom stereocenters. The number of rotatable bonds is 1. The van der Waals surface area contributed by atoms with Crippen molar-refractivity contribution in [2.75, 3.05) is 0 Å². The molecule has 0 aliphatic heterocycles. The van der Waals surface area contributed by atoms with E-state index in [1.807, 2.05) is 24.3 Å². The van der Waals surface area contributed by atoms with E-state index in [9.17, 15) is 0 Å². The summed E-state index contributed by atoms with van der Waals surface area (Å²) < 4.78 is 0. The first-order valence-electron chi connectivity index (χ1n) is 3.53. The Balaban J connectivity index is 2.48. The van der Waals surface area contributed by atoms with E-state index < -0.39 is 0 Å². The van der Waals surface area contributed by atoms with Crippen molar-refractivity contribution in [3.63, 3.8) is 0 Å². The minimum Gasteiger partial charge on any atom is -0.341 e. The van der Waals surface area contributed by atoms with Crippen molar-refractivity contribution in [1.82, 2.24) is 9.97 Å². The van der Waals surface area contributed by atoms with E-state index >= 15 is 0 Å². The smallest absolute Gasteiger partial charge is 0.174 e. The Bertz CT molecular complexity index is 368. The summed E-state index contributed by atoms with van der Waals surface area (Å²) in [5, 5.41) is 0.718. The first kappa shape index (κ1) is 7.37. The Labute approximate surface area is 75.2 Å². The van der Waals surface area contributed by atoms with Gasteiger partial charge in [0.05, 0.1) is 5.69 Å². The monoisotopic (exact) mass is 177 g/mol. The zero-order valence-electron chi connectivity index (χ0n) is 6.21. The van der Waals surface area contributed by atoms with Crippen LogP contribution >= 0.6 is 11.6 Å². The van der Waals surface area contributed by atoms with Crippen LogP contribution in [0.4, 0.5) is 0 Å². The van der Waals surface area contributed by atoms with Gasteiger partial charge in [-0.2, -0.15) is 0 Å². The highest BCUT2D eigenvalue weighted by Gasteiger charge is 1.98. The number of hydrogen-bond donors (Lipinski definition) is 1. The molecule has 1 radical (unpaired) electrons. The standard InChI is InChI=1S/C9H6ClN2/c10-8-3-1-2-7(4-8)9-5-11-6-12-9/h1-5H,(H,11,12). The topological polar surface area (TPSA) is 28.7 Å². The number of nitrogens with one attached hydrogen (secondary N) is 1. The van der Waals surface area contributed by atoms with E-state index in [1.165, 1.54) is 0 Å². The van der Waals surface area contributed by atoms with E-state index in [-0.39, 0.29) is 0 Å². The molecule has 0 saturated heterocycles. The van der Waals surface area contributed by atoms with Gasteiger partial charge < -0.3 is 4.98 Å². The van der Waals surface area contributed by atoms with E-state index in [2.05, 4.69) is 16.3 Å². The molecule has 1 N–H and O–H groups in total. The number of imidazole rings is 1. The lowest BCUT2D eigenvalue weighted by Crippen LogP contribution is -1.75. The normalized spacial score (nSPS) is 10.1. The molecule has 0 spiro atoms. The third-order valence-corrected chi connectivity index (χ3v) is 1.81. The van der Waals surface area contributed by atoms with E-state index in [0.29, 0.717) is 0 Å². The van der Waals surface area contributed by atoms with Gasteiger partial charge in [-0.15, -0.1) is 0 Å². The Morgan fingerprint density at radius 2 is 2.33 bits per heavy atom. The fourth-order valence-corrected chi connectivity index (χ4v) is 1.21. The Kier molecular flexibility index (Phi) is 1.84. The SMILES string of the molecule is Clc1cccc(-c2c[nH][c]n2)c1. The third-order valence-electron chi connectivity index (χ3n) is 1.57. The van der Waals surface area contributed by atoms with Gasteiger partial charge in [0.1, 0.15) is 0 Å². The fourth-order valence-electron chi connectivity index (χ4n) is 1.02. The lowest BCUT2D eigenvalue weighted by atomic mass is 10.2. The van der Waals surface area contributed by atoms with Gasteiger partial charge in [0.15, 0.2) is 6.33 Å². The summed E-state index contributed by atoms with van der Waals surface area (Å²) in [5.41, 5.74) is 1.86. The van der Waals surface area contributed by atoms with E-state index in [1.54, 1.807) is 6.20 Å². The summed E-state index contributed by atoms with van der Waals surface area (Å²) in [6, 6.07) is 7.55. The summed E-state index contributed by atoms with van der Waals surface area (Å²) in [7, 11) is 0. The van der Waals surface area contributed by atoms with Crippen LogP contribution in [0.3, 0.4) is 0 Å². The number of aromatic amines is 1. The molecule has 0 atom stereocenters. The number of hydrogen-bond acceptors (Lipinski definition) is 1. The molecule has 1 heterocycles. The average molecular weight is 178 g/mol. The maximum absolute atomic E-state index is 5.81. The zero-order chi connectivity index (χ0) is 8.39. The quantitative estimate of drug-likeness (QED) is 0.713. The summed E-state index contributed by atoms with van der Waals surface area (Å²) in [6.07, 6.45) is 4.41. The summed E-state index contributed by atoms with van der Waals surface area (Å²) in [5.74, 6) is 0. The summed E-state index contributed by atoms with van der Waals surface area (Å²) >= 11 is 5.81. The van der Waals surface area contributed by atoms with Crippen LogP contribution in [0.2, 0.25) is 5.02 Å². The molecule has 1 aromatic heterocycles. The van der Waals surface area contributed by atoms with Crippen molar-refractivity contribution in [3.05, 3.63) is 41.8 Å². The molecule has 59 valence electrons. The van der Waals surface area contributed by atoms with Crippen LogP contribution < -0.4 is 0 Å². The molecule has 3 heteroatoms. The highest BCUT2D eigenvalue weighted by atomic mass is 35.5. The lowest BCUT2D eigenvalue weighted by molar-refractivity contribution is 1.29. The number of benzene rings is 1. The Hall–Kier alpha value is -1.28. The predicted octanol–water partition coefficient (Wildman–Crippen LogP) is 2.53. The highest BCUT2D eigenvalue weighted by Crippen LogP contribution is 2.19. The van der Waals surface area contributed by atoms with E-state index in [0.717, 1.165) is 16.3 Å². The third kappa shape index (κ3) is 1.34. The van der Waals surface area contributed by atoms with Gasteiger partial charge in [0.2, 0.25) is 0 Å². The molecular weight excluding hydrogens is 172 g/mol. The van der Waals surface area contributed by atoms with Gasteiger partial charge in [0, 0.05) is 16.8 Å². The van der Waals surface area contributed by atoms with Crippen molar-refractivity contribution in [2.24, 2.45) is 0 Å². The minimum atomic E-state index is 0.718. The second-order valence-corrected chi connectivity index (χ2v) is 2.84. The zero-order valence-corrected chi connectivity index (χ0v) is 6.97. The van der Waals surface area contributed by atoms with Crippen LogP contribution in [0.25, 0.3) is 11.3 Å². The highest BCUT2D eigenvalue weighted by molar-refractivity contribution is 6.30. The maximum atomic E-state index is 5.81. The van der Waals surface area contributed by atoms with Crippen LogP contribution in [0.5, 0.6) is 0 Å². The molecule has 2 nitrogen and oxygen atoms in total. The summed E-state index contributed by atoms with van der Waals surface area (Å²) in [6.45, 7) is 0. The average Bonchev–Trinajstić information content (AvgIpc) is 2.56.